The van der Waals surface area contributed by atoms with E-state index in [1.54, 1.807) is 0 Å². The van der Waals surface area contributed by atoms with E-state index >= 15 is 0 Å². The number of rotatable bonds is 1. The first-order chi connectivity index (χ1) is 11.7. The molecular formula is C16H17F3N4OS. The molecule has 4 rings (SSSR count). The van der Waals surface area contributed by atoms with E-state index in [-0.39, 0.29) is 22.7 Å². The lowest BCUT2D eigenvalue weighted by Gasteiger charge is -2.36. The number of anilines is 1. The Morgan fingerprint density at radius 1 is 1.36 bits per heavy atom. The average molecular weight is 370 g/mol. The third kappa shape index (κ3) is 2.40. The molecule has 1 spiro atoms. The number of thiazole rings is 1. The van der Waals surface area contributed by atoms with Crippen molar-refractivity contribution in [1.29, 1.82) is 0 Å². The molecule has 2 aromatic rings. The number of amides is 1. The normalized spacial score (nSPS) is 26.2. The van der Waals surface area contributed by atoms with Crippen molar-refractivity contribution in [2.45, 2.75) is 24.6 Å². The van der Waals surface area contributed by atoms with Gasteiger partial charge in [-0.05, 0) is 30.5 Å². The number of likely N-dealkylation sites (N-methyl/N-ethyl adjacent to an activating group) is 1. The number of nitrogen functional groups attached to an aromatic ring is 1. The molecule has 1 unspecified atom stereocenters. The van der Waals surface area contributed by atoms with Crippen molar-refractivity contribution >= 4 is 32.6 Å². The monoisotopic (exact) mass is 370 g/mol. The van der Waals surface area contributed by atoms with Crippen LogP contribution in [0.2, 0.25) is 0 Å². The Morgan fingerprint density at radius 2 is 2.08 bits per heavy atom. The molecule has 25 heavy (non-hydrogen) atoms. The number of hydrogen-bond acceptors (Lipinski definition) is 5. The second kappa shape index (κ2) is 5.07. The molecule has 5 nitrogen and oxygen atoms in total. The number of hydrogen-bond donors (Lipinski definition) is 2. The molecular weight excluding hydrogens is 353 g/mol. The van der Waals surface area contributed by atoms with Crippen LogP contribution >= 0.6 is 11.3 Å². The van der Waals surface area contributed by atoms with Crippen molar-refractivity contribution in [3.05, 3.63) is 23.8 Å². The minimum absolute atomic E-state index is 0.120. The zero-order valence-corrected chi connectivity index (χ0v) is 14.3. The highest BCUT2D eigenvalue weighted by Gasteiger charge is 2.65. The first-order valence-corrected chi connectivity index (χ1v) is 8.72. The maximum absolute atomic E-state index is 14.2. The minimum atomic E-state index is -4.78. The van der Waals surface area contributed by atoms with Gasteiger partial charge in [0.05, 0.1) is 10.2 Å². The number of carbonyl (C=O) groups excluding carboxylic acids is 1. The first-order valence-electron chi connectivity index (χ1n) is 7.91. The number of carbonyl (C=O) groups is 1. The van der Waals surface area contributed by atoms with E-state index in [2.05, 4.69) is 10.3 Å². The number of nitrogens with zero attached hydrogens (tertiary/aromatic N) is 2. The molecule has 3 N–H and O–H groups in total. The van der Waals surface area contributed by atoms with Crippen LogP contribution in [-0.4, -0.2) is 42.1 Å². The number of halogens is 3. The van der Waals surface area contributed by atoms with Crippen LogP contribution in [0.25, 0.3) is 10.2 Å². The van der Waals surface area contributed by atoms with Gasteiger partial charge in [-0.2, -0.15) is 13.2 Å². The van der Waals surface area contributed by atoms with Gasteiger partial charge >= 0.3 is 6.18 Å². The number of fused-ring (bicyclic) bond motifs is 1. The van der Waals surface area contributed by atoms with Gasteiger partial charge in [-0.15, -0.1) is 0 Å². The molecule has 1 saturated carbocycles. The number of benzene rings is 1. The lowest BCUT2D eigenvalue weighted by Crippen LogP contribution is -2.61. The summed E-state index contributed by atoms with van der Waals surface area (Å²) < 4.78 is 43.2. The summed E-state index contributed by atoms with van der Waals surface area (Å²) in [7, 11) is 1.44. The topological polar surface area (TPSA) is 71.2 Å². The standard InChI is InChI=1S/C16H17F3N4OS/c1-23-8-14(4-5-14)7-21-15(12(23)24,16(17,18)19)9-2-3-10-11(6-9)25-13(20)22-10/h2-3,6,21H,4-5,7-8H2,1H3,(H2,20,22). The van der Waals surface area contributed by atoms with Crippen LogP contribution in [0.5, 0.6) is 0 Å². The fourth-order valence-corrected chi connectivity index (χ4v) is 4.38. The van der Waals surface area contributed by atoms with Crippen LogP contribution < -0.4 is 11.1 Å². The predicted octanol–water partition coefficient (Wildman–Crippen LogP) is 2.48. The van der Waals surface area contributed by atoms with Crippen LogP contribution in [0.15, 0.2) is 18.2 Å². The number of nitrogens with one attached hydrogen (secondary N) is 1. The SMILES string of the molecule is CN1CC2(CC2)CNC(c2ccc3nc(N)sc3c2)(C(F)(F)F)C1=O. The van der Waals surface area contributed by atoms with Gasteiger partial charge in [0.2, 0.25) is 5.54 Å². The van der Waals surface area contributed by atoms with Crippen LogP contribution in [0, 0.1) is 5.41 Å². The van der Waals surface area contributed by atoms with Gasteiger partial charge in [0.25, 0.3) is 5.91 Å². The molecule has 1 aromatic heterocycles. The second-order valence-electron chi connectivity index (χ2n) is 7.00. The maximum Gasteiger partial charge on any atom is 0.419 e. The smallest absolute Gasteiger partial charge is 0.375 e. The van der Waals surface area contributed by atoms with Crippen molar-refractivity contribution < 1.29 is 18.0 Å². The first kappa shape index (κ1) is 16.6. The van der Waals surface area contributed by atoms with Crippen molar-refractivity contribution in [3.8, 4) is 0 Å². The molecule has 2 fully saturated rings. The Bertz CT molecular complexity index is 861. The summed E-state index contributed by atoms with van der Waals surface area (Å²) in [5.74, 6) is -0.972. The Morgan fingerprint density at radius 3 is 2.72 bits per heavy atom. The van der Waals surface area contributed by atoms with E-state index in [0.717, 1.165) is 24.2 Å². The van der Waals surface area contributed by atoms with Crippen LogP contribution in [-0.2, 0) is 10.3 Å². The van der Waals surface area contributed by atoms with Gasteiger partial charge in [-0.1, -0.05) is 17.4 Å². The zero-order valence-electron chi connectivity index (χ0n) is 13.5. The van der Waals surface area contributed by atoms with E-state index in [1.165, 1.54) is 30.1 Å². The quantitative estimate of drug-likeness (QED) is 0.809. The Hall–Kier alpha value is -1.87. The van der Waals surface area contributed by atoms with Crippen LogP contribution in [0.3, 0.4) is 0 Å². The Kier molecular flexibility index (Phi) is 3.37. The third-order valence-electron chi connectivity index (χ3n) is 5.19. The average Bonchev–Trinajstić information content (AvgIpc) is 3.19. The van der Waals surface area contributed by atoms with Crippen LogP contribution in [0.4, 0.5) is 18.3 Å². The number of alkyl halides is 3. The van der Waals surface area contributed by atoms with Gasteiger partial charge < -0.3 is 10.6 Å². The molecule has 134 valence electrons. The fourth-order valence-electron chi connectivity index (χ4n) is 3.61. The maximum atomic E-state index is 14.2. The molecule has 2 heterocycles. The summed E-state index contributed by atoms with van der Waals surface area (Å²) in [4.78, 5) is 18.2. The van der Waals surface area contributed by atoms with E-state index < -0.39 is 17.6 Å². The number of nitrogens with two attached hydrogens (primary N) is 1. The van der Waals surface area contributed by atoms with Crippen LogP contribution in [0.1, 0.15) is 18.4 Å². The highest BCUT2D eigenvalue weighted by atomic mass is 32.1. The Labute approximate surface area is 146 Å². The molecule has 1 atom stereocenters. The van der Waals surface area contributed by atoms with Gasteiger partial charge in [-0.3, -0.25) is 10.1 Å². The fraction of sp³-hybridized carbons (Fsp3) is 0.500. The lowest BCUT2D eigenvalue weighted by molar-refractivity contribution is -0.206. The van der Waals surface area contributed by atoms with Gasteiger partial charge in [-0.25, -0.2) is 4.98 Å². The molecule has 1 aromatic carbocycles. The highest BCUT2D eigenvalue weighted by Crippen LogP contribution is 2.51. The van der Waals surface area contributed by atoms with E-state index in [9.17, 15) is 18.0 Å². The van der Waals surface area contributed by atoms with Gasteiger partial charge in [0, 0.05) is 25.6 Å². The molecule has 0 bridgehead atoms. The zero-order chi connectivity index (χ0) is 18.0. The van der Waals surface area contributed by atoms with Crippen molar-refractivity contribution in [2.24, 2.45) is 5.41 Å². The van der Waals surface area contributed by atoms with Gasteiger partial charge in [0.1, 0.15) is 0 Å². The van der Waals surface area contributed by atoms with Crippen molar-refractivity contribution in [1.82, 2.24) is 15.2 Å². The van der Waals surface area contributed by atoms with Crippen molar-refractivity contribution in [2.75, 3.05) is 25.9 Å². The highest BCUT2D eigenvalue weighted by molar-refractivity contribution is 7.22. The Balaban J connectivity index is 1.89. The molecule has 2 aliphatic rings. The molecule has 1 aliphatic heterocycles. The summed E-state index contributed by atoms with van der Waals surface area (Å²) in [6, 6.07) is 4.18. The minimum Gasteiger partial charge on any atom is -0.375 e. The summed E-state index contributed by atoms with van der Waals surface area (Å²) >= 11 is 1.11. The predicted molar refractivity (Wildman–Crippen MR) is 89.1 cm³/mol. The van der Waals surface area contributed by atoms with Gasteiger partial charge in [0.15, 0.2) is 5.13 Å². The molecule has 1 aliphatic carbocycles. The van der Waals surface area contributed by atoms with Crippen molar-refractivity contribution in [3.63, 3.8) is 0 Å². The largest absolute Gasteiger partial charge is 0.419 e. The number of aromatic nitrogens is 1. The summed E-state index contributed by atoms with van der Waals surface area (Å²) in [5, 5.41) is 2.87. The molecule has 1 saturated heterocycles. The third-order valence-corrected chi connectivity index (χ3v) is 6.04. The van der Waals surface area contributed by atoms with E-state index in [1.807, 2.05) is 0 Å². The molecule has 9 heteroatoms. The summed E-state index contributed by atoms with van der Waals surface area (Å²) in [6.45, 7) is 0.498. The van der Waals surface area contributed by atoms with E-state index in [0.29, 0.717) is 16.8 Å². The molecule has 0 radical (unpaired) electrons. The van der Waals surface area contributed by atoms with E-state index in [4.69, 9.17) is 5.73 Å². The lowest BCUT2D eigenvalue weighted by atomic mass is 9.87. The summed E-state index contributed by atoms with van der Waals surface area (Å²) in [5.41, 5.74) is 3.07. The molecule has 1 amide bonds. The summed E-state index contributed by atoms with van der Waals surface area (Å²) in [6.07, 6.45) is -3.12. The second-order valence-corrected chi connectivity index (χ2v) is 8.06.